The summed E-state index contributed by atoms with van der Waals surface area (Å²) in [6.45, 7) is 0.796. The van der Waals surface area contributed by atoms with E-state index >= 15 is 0 Å². The molecule has 5 rings (SSSR count). The Morgan fingerprint density at radius 1 is 0.968 bits per heavy atom. The van der Waals surface area contributed by atoms with Crippen LogP contribution in [0.5, 0.6) is 5.75 Å². The third-order valence-electron chi connectivity index (χ3n) is 5.24. The van der Waals surface area contributed by atoms with Crippen molar-refractivity contribution in [2.75, 3.05) is 29.5 Å². The van der Waals surface area contributed by atoms with Crippen LogP contribution in [0, 0.1) is 0 Å². The van der Waals surface area contributed by atoms with Gasteiger partial charge in [0.05, 0.1) is 18.1 Å². The fraction of sp³-hybridized carbons (Fsp3) is 0.182. The highest BCUT2D eigenvalue weighted by Crippen LogP contribution is 2.38. The van der Waals surface area contributed by atoms with Crippen LogP contribution in [0.25, 0.3) is 11.0 Å². The van der Waals surface area contributed by atoms with Crippen molar-refractivity contribution < 1.29 is 13.2 Å². The van der Waals surface area contributed by atoms with Crippen LogP contribution in [-0.2, 0) is 16.4 Å². The molecule has 0 N–H and O–H groups in total. The van der Waals surface area contributed by atoms with Crippen molar-refractivity contribution in [3.63, 3.8) is 0 Å². The van der Waals surface area contributed by atoms with E-state index in [1.807, 2.05) is 53.4 Å². The highest BCUT2D eigenvalue weighted by atomic mass is 32.2. The molecule has 0 spiro atoms. The molecule has 0 radical (unpaired) electrons. The number of fused-ring (bicyclic) bond motifs is 2. The SMILES string of the molecule is COc1ccc(CCN2CN(S(=O)(=O)c3cccs3)c3nc4ccccc4nc32)cc1. The van der Waals surface area contributed by atoms with Gasteiger partial charge in [-0.15, -0.1) is 11.3 Å². The van der Waals surface area contributed by atoms with Gasteiger partial charge in [0.2, 0.25) is 0 Å². The van der Waals surface area contributed by atoms with Gasteiger partial charge in [0.1, 0.15) is 16.6 Å². The quantitative estimate of drug-likeness (QED) is 0.441. The number of rotatable bonds is 6. The summed E-state index contributed by atoms with van der Waals surface area (Å²) in [4.78, 5) is 11.4. The summed E-state index contributed by atoms with van der Waals surface area (Å²) in [5.74, 6) is 1.77. The first-order chi connectivity index (χ1) is 15.1. The molecule has 0 saturated heterocycles. The summed E-state index contributed by atoms with van der Waals surface area (Å²) in [6.07, 6.45) is 0.741. The number of thiophene rings is 1. The van der Waals surface area contributed by atoms with Crippen molar-refractivity contribution in [2.45, 2.75) is 10.6 Å². The fourth-order valence-electron chi connectivity index (χ4n) is 3.59. The smallest absolute Gasteiger partial charge is 0.276 e. The first-order valence-electron chi connectivity index (χ1n) is 9.77. The molecule has 31 heavy (non-hydrogen) atoms. The number of hydrogen-bond acceptors (Lipinski definition) is 7. The van der Waals surface area contributed by atoms with Crippen molar-refractivity contribution in [2.24, 2.45) is 0 Å². The van der Waals surface area contributed by atoms with Crippen LogP contribution < -0.4 is 13.9 Å². The summed E-state index contributed by atoms with van der Waals surface area (Å²) in [7, 11) is -2.07. The zero-order valence-corrected chi connectivity index (χ0v) is 18.4. The summed E-state index contributed by atoms with van der Waals surface area (Å²) in [5.41, 5.74) is 2.55. The number of hydrogen-bond donors (Lipinski definition) is 0. The van der Waals surface area contributed by atoms with Crippen LogP contribution in [0.1, 0.15) is 5.56 Å². The standard InChI is InChI=1S/C22H20N4O3S2/c1-29-17-10-8-16(9-11-17)12-13-25-15-26(31(27,28)20-7-4-14-30-20)22-21(25)23-18-5-2-3-6-19(18)24-22/h2-11,14H,12-13,15H2,1H3. The van der Waals surface area contributed by atoms with Crippen molar-refractivity contribution in [3.8, 4) is 5.75 Å². The van der Waals surface area contributed by atoms with E-state index in [4.69, 9.17) is 9.72 Å². The number of aromatic nitrogens is 2. The van der Waals surface area contributed by atoms with Gasteiger partial charge >= 0.3 is 0 Å². The zero-order chi connectivity index (χ0) is 21.4. The molecule has 158 valence electrons. The molecule has 0 unspecified atom stereocenters. The monoisotopic (exact) mass is 452 g/mol. The van der Waals surface area contributed by atoms with Crippen LogP contribution in [0.4, 0.5) is 11.6 Å². The minimum atomic E-state index is -3.71. The Hall–Kier alpha value is -3.17. The number of nitrogens with zero attached hydrogens (tertiary/aromatic N) is 4. The molecule has 3 heterocycles. The van der Waals surface area contributed by atoms with E-state index in [2.05, 4.69) is 4.98 Å². The summed E-state index contributed by atoms with van der Waals surface area (Å²) >= 11 is 1.20. The lowest BCUT2D eigenvalue weighted by atomic mass is 10.1. The summed E-state index contributed by atoms with van der Waals surface area (Å²) in [5, 5.41) is 1.76. The topological polar surface area (TPSA) is 75.6 Å². The van der Waals surface area contributed by atoms with Gasteiger partial charge in [-0.25, -0.2) is 22.7 Å². The average Bonchev–Trinajstić information content (AvgIpc) is 3.46. The van der Waals surface area contributed by atoms with Crippen molar-refractivity contribution in [1.29, 1.82) is 0 Å². The van der Waals surface area contributed by atoms with Gasteiger partial charge in [-0.2, -0.15) is 0 Å². The molecule has 7 nitrogen and oxygen atoms in total. The van der Waals surface area contributed by atoms with Gasteiger partial charge in [0.25, 0.3) is 10.0 Å². The Labute approximate surface area is 184 Å². The Bertz CT molecular complexity index is 1320. The number of sulfonamides is 1. The maximum Gasteiger partial charge on any atom is 0.276 e. The second-order valence-corrected chi connectivity index (χ2v) is 10.2. The third kappa shape index (κ3) is 3.60. The number of methoxy groups -OCH3 is 1. The van der Waals surface area contributed by atoms with E-state index in [9.17, 15) is 8.42 Å². The van der Waals surface area contributed by atoms with Gasteiger partial charge in [-0.05, 0) is 47.7 Å². The number of benzene rings is 2. The predicted molar refractivity (Wildman–Crippen MR) is 122 cm³/mol. The minimum absolute atomic E-state index is 0.183. The number of anilines is 2. The molecule has 1 aliphatic heterocycles. The van der Waals surface area contributed by atoms with E-state index in [-0.39, 0.29) is 6.67 Å². The Morgan fingerprint density at radius 3 is 2.32 bits per heavy atom. The summed E-state index contributed by atoms with van der Waals surface area (Å²) < 4.78 is 33.5. The molecule has 0 fully saturated rings. The van der Waals surface area contributed by atoms with Gasteiger partial charge in [0.15, 0.2) is 11.6 Å². The maximum atomic E-state index is 13.3. The van der Waals surface area contributed by atoms with Crippen LogP contribution in [0.15, 0.2) is 70.3 Å². The fourth-order valence-corrected chi connectivity index (χ4v) is 6.07. The van der Waals surface area contributed by atoms with Gasteiger partial charge in [0, 0.05) is 6.54 Å². The second-order valence-electron chi connectivity index (χ2n) is 7.15. The molecule has 0 aliphatic carbocycles. The van der Waals surface area contributed by atoms with Crippen LogP contribution in [0.2, 0.25) is 0 Å². The largest absolute Gasteiger partial charge is 0.497 e. The van der Waals surface area contributed by atoms with Crippen molar-refractivity contribution in [3.05, 3.63) is 71.6 Å². The molecule has 0 atom stereocenters. The molecule has 0 saturated carbocycles. The van der Waals surface area contributed by atoms with E-state index < -0.39 is 10.0 Å². The van der Waals surface area contributed by atoms with Crippen LogP contribution >= 0.6 is 11.3 Å². The first kappa shape index (κ1) is 19.8. The molecule has 4 aromatic rings. The Kier molecular flexibility index (Phi) is 4.99. The van der Waals surface area contributed by atoms with Gasteiger partial charge in [-0.1, -0.05) is 30.3 Å². The number of para-hydroxylation sites is 2. The second kappa shape index (κ2) is 7.82. The summed E-state index contributed by atoms with van der Waals surface area (Å²) in [6, 6.07) is 18.7. The molecule has 2 aromatic carbocycles. The Balaban J connectivity index is 1.51. The lowest BCUT2D eigenvalue weighted by Crippen LogP contribution is -2.36. The molecule has 2 aromatic heterocycles. The maximum absolute atomic E-state index is 13.3. The van der Waals surface area contributed by atoms with Crippen molar-refractivity contribution in [1.82, 2.24) is 9.97 Å². The average molecular weight is 453 g/mol. The highest BCUT2D eigenvalue weighted by molar-refractivity contribution is 7.94. The molecule has 1 aliphatic rings. The number of ether oxygens (including phenoxy) is 1. The van der Waals surface area contributed by atoms with Crippen LogP contribution in [-0.4, -0.2) is 38.7 Å². The zero-order valence-electron chi connectivity index (χ0n) is 16.8. The molecule has 0 bridgehead atoms. The first-order valence-corrected chi connectivity index (χ1v) is 12.1. The minimum Gasteiger partial charge on any atom is -0.497 e. The molecular formula is C22H20N4O3S2. The normalized spacial score (nSPS) is 13.6. The van der Waals surface area contributed by atoms with E-state index in [0.29, 0.717) is 27.9 Å². The van der Waals surface area contributed by atoms with Gasteiger partial charge < -0.3 is 9.64 Å². The van der Waals surface area contributed by atoms with Crippen LogP contribution in [0.3, 0.4) is 0 Å². The molecule has 0 amide bonds. The van der Waals surface area contributed by atoms with E-state index in [1.165, 1.54) is 15.6 Å². The van der Waals surface area contributed by atoms with Gasteiger partial charge in [-0.3, -0.25) is 0 Å². The Morgan fingerprint density at radius 2 is 1.68 bits per heavy atom. The van der Waals surface area contributed by atoms with Crippen molar-refractivity contribution >= 4 is 44.0 Å². The predicted octanol–water partition coefficient (Wildman–Crippen LogP) is 3.92. The van der Waals surface area contributed by atoms with E-state index in [0.717, 1.165) is 23.3 Å². The lowest BCUT2D eigenvalue weighted by Gasteiger charge is -2.20. The third-order valence-corrected chi connectivity index (χ3v) is 8.33. The molecular weight excluding hydrogens is 432 g/mol. The highest BCUT2D eigenvalue weighted by Gasteiger charge is 2.38. The van der Waals surface area contributed by atoms with E-state index in [1.54, 1.807) is 24.6 Å². The lowest BCUT2D eigenvalue weighted by molar-refractivity contribution is 0.414. The molecule has 9 heteroatoms.